The molecule has 0 fully saturated rings. The summed E-state index contributed by atoms with van der Waals surface area (Å²) < 4.78 is 5.96. The van der Waals surface area contributed by atoms with Gasteiger partial charge in [0.1, 0.15) is 6.04 Å². The standard InChI is InChI=1S/C20H21BrN2O4/c1-12(2)16(23-19(25)14-10-6-7-11-15(14)21)20(26)27-17(18(22)24)13-8-4-3-5-9-13/h3-12,16-17H,1-2H3,(H2,22,24)(H,23,25)/t16-,17?/m0/s1. The van der Waals surface area contributed by atoms with Crippen molar-refractivity contribution in [2.24, 2.45) is 11.7 Å². The quantitative estimate of drug-likeness (QED) is 0.656. The second kappa shape index (κ2) is 9.32. The molecule has 0 aliphatic heterocycles. The van der Waals surface area contributed by atoms with E-state index < -0.39 is 29.9 Å². The lowest BCUT2D eigenvalue weighted by molar-refractivity contribution is -0.158. The molecule has 142 valence electrons. The maximum atomic E-state index is 12.7. The molecule has 7 heteroatoms. The molecule has 3 N–H and O–H groups in total. The molecule has 1 unspecified atom stereocenters. The normalized spacial score (nSPS) is 12.9. The van der Waals surface area contributed by atoms with Gasteiger partial charge in [0.25, 0.3) is 11.8 Å². The van der Waals surface area contributed by atoms with Gasteiger partial charge in [0.15, 0.2) is 0 Å². The average Bonchev–Trinajstić information content (AvgIpc) is 2.64. The van der Waals surface area contributed by atoms with Crippen LogP contribution in [0.25, 0.3) is 0 Å². The molecule has 2 rings (SSSR count). The van der Waals surface area contributed by atoms with Crippen molar-refractivity contribution in [1.82, 2.24) is 5.32 Å². The van der Waals surface area contributed by atoms with Crippen LogP contribution in [0.1, 0.15) is 35.9 Å². The minimum atomic E-state index is -1.22. The number of carbonyl (C=O) groups is 3. The van der Waals surface area contributed by atoms with Gasteiger partial charge >= 0.3 is 5.97 Å². The largest absolute Gasteiger partial charge is 0.446 e. The lowest BCUT2D eigenvalue weighted by atomic mass is 10.0. The number of carbonyl (C=O) groups excluding carboxylic acids is 3. The zero-order valence-corrected chi connectivity index (χ0v) is 16.6. The predicted molar refractivity (Wildman–Crippen MR) is 105 cm³/mol. The molecule has 0 saturated heterocycles. The van der Waals surface area contributed by atoms with Gasteiger partial charge in [-0.3, -0.25) is 9.59 Å². The maximum absolute atomic E-state index is 12.7. The van der Waals surface area contributed by atoms with E-state index in [-0.39, 0.29) is 5.92 Å². The van der Waals surface area contributed by atoms with Gasteiger partial charge in [-0.2, -0.15) is 0 Å². The first-order valence-electron chi connectivity index (χ1n) is 8.41. The van der Waals surface area contributed by atoms with Crippen LogP contribution in [0.5, 0.6) is 0 Å². The number of amides is 2. The van der Waals surface area contributed by atoms with Crippen molar-refractivity contribution in [3.05, 3.63) is 70.2 Å². The zero-order valence-electron chi connectivity index (χ0n) is 15.0. The van der Waals surface area contributed by atoms with Crippen molar-refractivity contribution < 1.29 is 19.1 Å². The van der Waals surface area contributed by atoms with Gasteiger partial charge in [0, 0.05) is 10.0 Å². The third-order valence-electron chi connectivity index (χ3n) is 3.92. The van der Waals surface area contributed by atoms with Crippen LogP contribution in [0, 0.1) is 5.92 Å². The molecule has 6 nitrogen and oxygen atoms in total. The molecule has 2 aromatic rings. The second-order valence-electron chi connectivity index (χ2n) is 6.30. The maximum Gasteiger partial charge on any atom is 0.330 e. The van der Waals surface area contributed by atoms with Gasteiger partial charge in [-0.15, -0.1) is 0 Å². The number of halogens is 1. The van der Waals surface area contributed by atoms with E-state index in [2.05, 4.69) is 21.2 Å². The second-order valence-corrected chi connectivity index (χ2v) is 7.16. The van der Waals surface area contributed by atoms with Crippen molar-refractivity contribution in [3.8, 4) is 0 Å². The van der Waals surface area contributed by atoms with Gasteiger partial charge in [0.2, 0.25) is 6.10 Å². The Kier molecular flexibility index (Phi) is 7.12. The van der Waals surface area contributed by atoms with E-state index in [0.717, 1.165) is 0 Å². The Labute approximate surface area is 166 Å². The first-order valence-corrected chi connectivity index (χ1v) is 9.20. The Morgan fingerprint density at radius 1 is 1.00 bits per heavy atom. The van der Waals surface area contributed by atoms with Crippen LogP contribution >= 0.6 is 15.9 Å². The molecule has 0 aliphatic rings. The van der Waals surface area contributed by atoms with E-state index in [9.17, 15) is 14.4 Å². The zero-order chi connectivity index (χ0) is 20.0. The van der Waals surface area contributed by atoms with E-state index in [4.69, 9.17) is 10.5 Å². The van der Waals surface area contributed by atoms with Gasteiger partial charge in [-0.25, -0.2) is 4.79 Å². The fraction of sp³-hybridized carbons (Fsp3) is 0.250. The topological polar surface area (TPSA) is 98.5 Å². The molecule has 0 aromatic heterocycles. The van der Waals surface area contributed by atoms with Gasteiger partial charge in [0.05, 0.1) is 5.56 Å². The number of esters is 1. The predicted octanol–water partition coefficient (Wildman–Crippen LogP) is 2.97. The molecule has 2 atom stereocenters. The van der Waals surface area contributed by atoms with E-state index in [1.165, 1.54) is 0 Å². The molecular formula is C20H21BrN2O4. The lowest BCUT2D eigenvalue weighted by Crippen LogP contribution is -2.46. The number of nitrogens with one attached hydrogen (secondary N) is 1. The number of ether oxygens (including phenoxy) is 1. The van der Waals surface area contributed by atoms with Crippen LogP contribution in [-0.4, -0.2) is 23.8 Å². The van der Waals surface area contributed by atoms with E-state index in [0.29, 0.717) is 15.6 Å². The van der Waals surface area contributed by atoms with E-state index >= 15 is 0 Å². The molecule has 2 aromatic carbocycles. The minimum Gasteiger partial charge on any atom is -0.446 e. The number of hydrogen-bond donors (Lipinski definition) is 2. The van der Waals surface area contributed by atoms with Gasteiger partial charge in [-0.05, 0) is 34.0 Å². The van der Waals surface area contributed by atoms with Crippen molar-refractivity contribution in [2.75, 3.05) is 0 Å². The van der Waals surface area contributed by atoms with Gasteiger partial charge in [-0.1, -0.05) is 56.3 Å². The Balaban J connectivity index is 2.18. The summed E-state index contributed by atoms with van der Waals surface area (Å²) in [5.41, 5.74) is 6.26. The summed E-state index contributed by atoms with van der Waals surface area (Å²) >= 11 is 3.31. The molecule has 0 spiro atoms. The van der Waals surface area contributed by atoms with Crippen LogP contribution in [0.3, 0.4) is 0 Å². The molecular weight excluding hydrogens is 412 g/mol. The summed E-state index contributed by atoms with van der Waals surface area (Å²) in [5.74, 6) is -2.19. The third kappa shape index (κ3) is 5.40. The Morgan fingerprint density at radius 2 is 1.59 bits per heavy atom. The minimum absolute atomic E-state index is 0.256. The Morgan fingerprint density at radius 3 is 2.15 bits per heavy atom. The number of rotatable bonds is 7. The summed E-state index contributed by atoms with van der Waals surface area (Å²) in [5, 5.41) is 2.67. The summed E-state index contributed by atoms with van der Waals surface area (Å²) in [7, 11) is 0. The number of benzene rings is 2. The van der Waals surface area contributed by atoms with Crippen molar-refractivity contribution >= 4 is 33.7 Å². The van der Waals surface area contributed by atoms with Crippen LogP contribution in [0.4, 0.5) is 0 Å². The molecule has 0 heterocycles. The van der Waals surface area contributed by atoms with Crippen molar-refractivity contribution in [1.29, 1.82) is 0 Å². The highest BCUT2D eigenvalue weighted by atomic mass is 79.9. The molecule has 2 amide bonds. The van der Waals surface area contributed by atoms with Crippen molar-refractivity contribution in [3.63, 3.8) is 0 Å². The van der Waals surface area contributed by atoms with E-state index in [1.807, 2.05) is 0 Å². The highest BCUT2D eigenvalue weighted by Gasteiger charge is 2.31. The molecule has 0 bridgehead atoms. The Bertz CT molecular complexity index is 824. The number of hydrogen-bond acceptors (Lipinski definition) is 4. The SMILES string of the molecule is CC(C)[C@H](NC(=O)c1ccccc1Br)C(=O)OC(C(N)=O)c1ccccc1. The fourth-order valence-electron chi connectivity index (χ4n) is 2.47. The first kappa shape index (κ1) is 20.6. The highest BCUT2D eigenvalue weighted by molar-refractivity contribution is 9.10. The Hall–Kier alpha value is -2.67. The fourth-order valence-corrected chi connectivity index (χ4v) is 2.93. The molecule has 0 radical (unpaired) electrons. The lowest BCUT2D eigenvalue weighted by Gasteiger charge is -2.24. The van der Waals surface area contributed by atoms with Crippen LogP contribution in [-0.2, 0) is 14.3 Å². The number of primary amides is 1. The molecule has 0 aliphatic carbocycles. The van der Waals surface area contributed by atoms with Crippen LogP contribution < -0.4 is 11.1 Å². The smallest absolute Gasteiger partial charge is 0.330 e. The highest BCUT2D eigenvalue weighted by Crippen LogP contribution is 2.20. The molecule has 27 heavy (non-hydrogen) atoms. The third-order valence-corrected chi connectivity index (χ3v) is 4.61. The van der Waals surface area contributed by atoms with Crippen LogP contribution in [0.15, 0.2) is 59.1 Å². The van der Waals surface area contributed by atoms with Crippen LogP contribution in [0.2, 0.25) is 0 Å². The van der Waals surface area contributed by atoms with Crippen molar-refractivity contribution in [2.45, 2.75) is 26.0 Å². The average molecular weight is 433 g/mol. The monoisotopic (exact) mass is 432 g/mol. The first-order chi connectivity index (χ1) is 12.8. The summed E-state index contributed by atoms with van der Waals surface area (Å²) in [6.07, 6.45) is -1.22. The van der Waals surface area contributed by atoms with E-state index in [1.54, 1.807) is 68.4 Å². The number of nitrogens with two attached hydrogens (primary N) is 1. The summed E-state index contributed by atoms with van der Waals surface area (Å²) in [6, 6.07) is 14.4. The summed E-state index contributed by atoms with van der Waals surface area (Å²) in [6.45, 7) is 3.54. The summed E-state index contributed by atoms with van der Waals surface area (Å²) in [4.78, 5) is 37.0. The molecule has 0 saturated carbocycles. The van der Waals surface area contributed by atoms with Gasteiger partial charge < -0.3 is 15.8 Å².